The molecule has 1 amide bonds. The lowest BCUT2D eigenvalue weighted by atomic mass is 9.86. The van der Waals surface area contributed by atoms with Crippen LogP contribution in [0.3, 0.4) is 0 Å². The smallest absolute Gasteiger partial charge is 0.233 e. The zero-order chi connectivity index (χ0) is 12.1. The summed E-state index contributed by atoms with van der Waals surface area (Å²) in [6.45, 7) is 5.33. The molecule has 2 aliphatic heterocycles. The molecule has 2 aliphatic rings. The van der Waals surface area contributed by atoms with Gasteiger partial charge in [-0.1, -0.05) is 0 Å². The third kappa shape index (κ3) is 2.95. The van der Waals surface area contributed by atoms with Gasteiger partial charge in [0.25, 0.3) is 0 Å². The molecule has 0 atom stereocenters. The van der Waals surface area contributed by atoms with Crippen molar-refractivity contribution in [2.45, 2.75) is 0 Å². The molecule has 6 nitrogen and oxygen atoms in total. The third-order valence-electron chi connectivity index (χ3n) is 3.36. The number of hydrogen-bond donors (Lipinski definition) is 2. The van der Waals surface area contributed by atoms with Gasteiger partial charge in [-0.25, -0.2) is 0 Å². The van der Waals surface area contributed by atoms with Gasteiger partial charge in [-0.3, -0.25) is 9.69 Å². The molecule has 0 aromatic rings. The lowest BCUT2D eigenvalue weighted by molar-refractivity contribution is -0.170. The first-order chi connectivity index (χ1) is 8.27. The van der Waals surface area contributed by atoms with Gasteiger partial charge in [-0.2, -0.15) is 0 Å². The topological polar surface area (TPSA) is 71.0 Å². The van der Waals surface area contributed by atoms with Crippen molar-refractivity contribution in [3.05, 3.63) is 0 Å². The molecule has 2 rings (SSSR count). The first kappa shape index (κ1) is 12.8. The van der Waals surface area contributed by atoms with Gasteiger partial charge in [0, 0.05) is 26.2 Å². The van der Waals surface area contributed by atoms with Gasteiger partial charge in [0.15, 0.2) is 0 Å². The van der Waals surface area contributed by atoms with E-state index in [0.29, 0.717) is 19.8 Å². The first-order valence-electron chi connectivity index (χ1n) is 6.04. The van der Waals surface area contributed by atoms with E-state index in [1.165, 1.54) is 0 Å². The molecule has 0 bridgehead atoms. The van der Waals surface area contributed by atoms with Crippen LogP contribution in [-0.4, -0.2) is 75.1 Å². The van der Waals surface area contributed by atoms with Crippen molar-refractivity contribution in [1.82, 2.24) is 10.2 Å². The third-order valence-corrected chi connectivity index (χ3v) is 3.36. The summed E-state index contributed by atoms with van der Waals surface area (Å²) in [5.41, 5.74) is -0.689. The molecule has 0 saturated carbocycles. The lowest BCUT2D eigenvalue weighted by Gasteiger charge is -2.38. The number of nitrogens with one attached hydrogen (secondary N) is 1. The highest BCUT2D eigenvalue weighted by Gasteiger charge is 2.45. The molecule has 0 aromatic carbocycles. The van der Waals surface area contributed by atoms with Gasteiger partial charge in [-0.15, -0.1) is 0 Å². The quantitative estimate of drug-likeness (QED) is 0.612. The number of aliphatic hydroxyl groups is 1. The molecule has 2 N–H and O–H groups in total. The van der Waals surface area contributed by atoms with Crippen molar-refractivity contribution >= 4 is 5.91 Å². The summed E-state index contributed by atoms with van der Waals surface area (Å²) in [6.07, 6.45) is 0. The summed E-state index contributed by atoms with van der Waals surface area (Å²) in [7, 11) is 0. The zero-order valence-corrected chi connectivity index (χ0v) is 9.98. The Morgan fingerprint density at radius 1 is 1.29 bits per heavy atom. The highest BCUT2D eigenvalue weighted by Crippen LogP contribution is 2.26. The predicted molar refractivity (Wildman–Crippen MR) is 60.6 cm³/mol. The van der Waals surface area contributed by atoms with Crippen LogP contribution < -0.4 is 5.32 Å². The fraction of sp³-hybridized carbons (Fsp3) is 0.909. The zero-order valence-electron chi connectivity index (χ0n) is 9.98. The number of ether oxygens (including phenoxy) is 2. The maximum absolute atomic E-state index is 11.8. The Hall–Kier alpha value is -0.690. The molecule has 2 heterocycles. The van der Waals surface area contributed by atoms with E-state index in [1.807, 2.05) is 0 Å². The van der Waals surface area contributed by atoms with E-state index in [0.717, 1.165) is 32.8 Å². The molecule has 0 radical (unpaired) electrons. The fourth-order valence-electron chi connectivity index (χ4n) is 1.98. The Morgan fingerprint density at radius 2 is 2.00 bits per heavy atom. The summed E-state index contributed by atoms with van der Waals surface area (Å²) in [6, 6.07) is 0. The van der Waals surface area contributed by atoms with Crippen LogP contribution in [0.1, 0.15) is 0 Å². The van der Waals surface area contributed by atoms with Crippen LogP contribution >= 0.6 is 0 Å². The summed E-state index contributed by atoms with van der Waals surface area (Å²) >= 11 is 0. The maximum Gasteiger partial charge on any atom is 0.233 e. The van der Waals surface area contributed by atoms with Crippen LogP contribution in [0.15, 0.2) is 0 Å². The van der Waals surface area contributed by atoms with Crippen molar-refractivity contribution in [3.8, 4) is 0 Å². The second kappa shape index (κ2) is 5.77. The van der Waals surface area contributed by atoms with Gasteiger partial charge < -0.3 is 19.9 Å². The highest BCUT2D eigenvalue weighted by molar-refractivity contribution is 5.83. The molecule has 0 aliphatic carbocycles. The van der Waals surface area contributed by atoms with Crippen molar-refractivity contribution in [2.75, 3.05) is 59.2 Å². The summed E-state index contributed by atoms with van der Waals surface area (Å²) in [5.74, 6) is -0.0977. The molecule has 0 aromatic heterocycles. The standard InChI is InChI=1S/C11H20N2O4/c14-7-11(8-17-9-11)10(15)12-1-2-13-3-5-16-6-4-13/h14H,1-9H2,(H,12,15). The minimum absolute atomic E-state index is 0.0977. The maximum atomic E-state index is 11.8. The van der Waals surface area contributed by atoms with Crippen LogP contribution in [0, 0.1) is 5.41 Å². The number of aliphatic hydroxyl groups excluding tert-OH is 1. The molecule has 0 spiro atoms. The number of rotatable bonds is 5. The Labute approximate surface area is 101 Å². The second-order valence-corrected chi connectivity index (χ2v) is 4.64. The molecule has 98 valence electrons. The van der Waals surface area contributed by atoms with E-state index >= 15 is 0 Å². The number of carbonyl (C=O) groups excluding carboxylic acids is 1. The van der Waals surface area contributed by atoms with Gasteiger partial charge in [-0.05, 0) is 0 Å². The Bertz CT molecular complexity index is 257. The molecule has 17 heavy (non-hydrogen) atoms. The first-order valence-corrected chi connectivity index (χ1v) is 6.04. The largest absolute Gasteiger partial charge is 0.395 e. The minimum atomic E-state index is -0.689. The Kier molecular flexibility index (Phi) is 4.33. The van der Waals surface area contributed by atoms with Gasteiger partial charge in [0.05, 0.1) is 33.0 Å². The van der Waals surface area contributed by atoms with Gasteiger partial charge in [0.2, 0.25) is 5.91 Å². The van der Waals surface area contributed by atoms with E-state index in [2.05, 4.69) is 10.2 Å². The van der Waals surface area contributed by atoms with E-state index in [1.54, 1.807) is 0 Å². The van der Waals surface area contributed by atoms with Crippen LogP contribution in [0.4, 0.5) is 0 Å². The number of morpholine rings is 1. The van der Waals surface area contributed by atoms with Crippen molar-refractivity contribution in [3.63, 3.8) is 0 Å². The number of carbonyl (C=O) groups is 1. The van der Waals surface area contributed by atoms with Crippen LogP contribution in [0.25, 0.3) is 0 Å². The molecular formula is C11H20N2O4. The van der Waals surface area contributed by atoms with Crippen LogP contribution in [-0.2, 0) is 14.3 Å². The number of hydrogen-bond acceptors (Lipinski definition) is 5. The molecule has 0 unspecified atom stereocenters. The Balaban J connectivity index is 1.65. The summed E-state index contributed by atoms with van der Waals surface area (Å²) in [4.78, 5) is 14.1. The highest BCUT2D eigenvalue weighted by atomic mass is 16.5. The predicted octanol–water partition coefficient (Wildman–Crippen LogP) is -1.56. The molecule has 6 heteroatoms. The van der Waals surface area contributed by atoms with E-state index in [9.17, 15) is 9.90 Å². The minimum Gasteiger partial charge on any atom is -0.395 e. The van der Waals surface area contributed by atoms with E-state index in [-0.39, 0.29) is 12.5 Å². The SMILES string of the molecule is O=C(NCCN1CCOCC1)C1(CO)COC1. The number of amides is 1. The second-order valence-electron chi connectivity index (χ2n) is 4.64. The van der Waals surface area contributed by atoms with Gasteiger partial charge in [0.1, 0.15) is 5.41 Å². The Morgan fingerprint density at radius 3 is 2.53 bits per heavy atom. The lowest BCUT2D eigenvalue weighted by Crippen LogP contribution is -2.57. The van der Waals surface area contributed by atoms with Crippen molar-refractivity contribution < 1.29 is 19.4 Å². The van der Waals surface area contributed by atoms with E-state index < -0.39 is 5.41 Å². The van der Waals surface area contributed by atoms with Crippen molar-refractivity contribution in [2.24, 2.45) is 5.41 Å². The van der Waals surface area contributed by atoms with Gasteiger partial charge >= 0.3 is 0 Å². The molecular weight excluding hydrogens is 224 g/mol. The molecule has 2 saturated heterocycles. The average molecular weight is 244 g/mol. The van der Waals surface area contributed by atoms with Crippen molar-refractivity contribution in [1.29, 1.82) is 0 Å². The summed E-state index contributed by atoms with van der Waals surface area (Å²) < 4.78 is 10.2. The fourth-order valence-corrected chi connectivity index (χ4v) is 1.98. The monoisotopic (exact) mass is 244 g/mol. The normalized spacial score (nSPS) is 24.1. The summed E-state index contributed by atoms with van der Waals surface area (Å²) in [5, 5.41) is 12.0. The van der Waals surface area contributed by atoms with Crippen LogP contribution in [0.2, 0.25) is 0 Å². The average Bonchev–Trinajstić information content (AvgIpc) is 2.30. The van der Waals surface area contributed by atoms with Crippen LogP contribution in [0.5, 0.6) is 0 Å². The number of nitrogens with zero attached hydrogens (tertiary/aromatic N) is 1. The molecule has 2 fully saturated rings. The van der Waals surface area contributed by atoms with E-state index in [4.69, 9.17) is 9.47 Å².